The Hall–Kier alpha value is -3.92. The van der Waals surface area contributed by atoms with Gasteiger partial charge in [0.25, 0.3) is 5.91 Å². The van der Waals surface area contributed by atoms with Gasteiger partial charge in [-0.25, -0.2) is 4.79 Å². The van der Waals surface area contributed by atoms with Gasteiger partial charge >= 0.3 is 5.97 Å². The third-order valence-electron chi connectivity index (χ3n) is 6.40. The molecule has 1 atom stereocenters. The number of para-hydroxylation sites is 1. The van der Waals surface area contributed by atoms with E-state index in [9.17, 15) is 19.5 Å². The second-order valence-corrected chi connectivity index (χ2v) is 9.00. The van der Waals surface area contributed by atoms with Crippen LogP contribution < -0.4 is 21.7 Å². The summed E-state index contributed by atoms with van der Waals surface area (Å²) in [5.74, 6) is -1.93. The van der Waals surface area contributed by atoms with Gasteiger partial charge in [0.05, 0.1) is 5.69 Å². The molecule has 0 unspecified atom stereocenters. The lowest BCUT2D eigenvalue weighted by Gasteiger charge is -2.16. The predicted molar refractivity (Wildman–Crippen MR) is 136 cm³/mol. The number of nitrogens with one attached hydrogen (secondary N) is 4. The number of H-pyrrole nitrogens is 1. The molecule has 0 spiro atoms. The molecule has 1 aliphatic rings. The molecular weight excluding hydrogens is 460 g/mol. The minimum absolute atomic E-state index is 0.0564. The van der Waals surface area contributed by atoms with Gasteiger partial charge in [-0.3, -0.25) is 14.6 Å². The van der Waals surface area contributed by atoms with Gasteiger partial charge in [-0.05, 0) is 43.4 Å². The number of nitrogen functional groups attached to an aromatic ring is 1. The number of hydrogen-bond donors (Lipinski definition) is 6. The van der Waals surface area contributed by atoms with E-state index >= 15 is 0 Å². The number of anilines is 1. The molecule has 0 aliphatic carbocycles. The smallest absolute Gasteiger partial charge is 0.326 e. The number of aliphatic carboxylic acids is 1. The highest BCUT2D eigenvalue weighted by atomic mass is 16.4. The number of benzene rings is 1. The topological polar surface area (TPSA) is 162 Å². The summed E-state index contributed by atoms with van der Waals surface area (Å²) >= 11 is 0. The van der Waals surface area contributed by atoms with Crippen LogP contribution >= 0.6 is 0 Å². The molecule has 1 aliphatic heterocycles. The van der Waals surface area contributed by atoms with Crippen LogP contribution in [-0.2, 0) is 29.0 Å². The van der Waals surface area contributed by atoms with E-state index in [0.29, 0.717) is 23.7 Å². The lowest BCUT2D eigenvalue weighted by atomic mass is 10.0. The van der Waals surface area contributed by atoms with Gasteiger partial charge in [0.2, 0.25) is 5.91 Å². The minimum atomic E-state index is -1.18. The summed E-state index contributed by atoms with van der Waals surface area (Å²) < 4.78 is 0. The molecular formula is C26H32N6O4. The number of carbonyl (C=O) groups excluding carboxylic acids is 2. The average molecular weight is 493 g/mol. The van der Waals surface area contributed by atoms with Crippen LogP contribution in [0.15, 0.2) is 36.4 Å². The zero-order valence-corrected chi connectivity index (χ0v) is 20.1. The van der Waals surface area contributed by atoms with Gasteiger partial charge < -0.3 is 31.8 Å². The van der Waals surface area contributed by atoms with Gasteiger partial charge in [-0.2, -0.15) is 0 Å². The standard InChI is InChI=1S/C26H32N6O4/c27-23-18-6-2-3-7-20(18)31-24(23)25(34)32-21(26(35)36)12-14-29-22(33)8-4-1-5-17-10-9-16-15-28-13-11-19(16)30-17/h2-3,6-7,9-10,21,28,31H,1,4-5,8,11-15,27H2,(H,29,33)(H,32,34)(H,35,36)/t21-/m0/s1. The van der Waals surface area contributed by atoms with E-state index in [0.717, 1.165) is 43.7 Å². The Bertz CT molecular complexity index is 1250. The van der Waals surface area contributed by atoms with Crippen LogP contribution in [0.25, 0.3) is 10.9 Å². The summed E-state index contributed by atoms with van der Waals surface area (Å²) in [5.41, 5.74) is 10.6. The number of hydrogen-bond acceptors (Lipinski definition) is 6. The van der Waals surface area contributed by atoms with Crippen molar-refractivity contribution < 1.29 is 19.5 Å². The van der Waals surface area contributed by atoms with E-state index in [1.54, 1.807) is 18.2 Å². The molecule has 190 valence electrons. The Kier molecular flexibility index (Phi) is 8.17. The van der Waals surface area contributed by atoms with Crippen molar-refractivity contribution in [2.24, 2.45) is 0 Å². The minimum Gasteiger partial charge on any atom is -0.480 e. The van der Waals surface area contributed by atoms with Crippen molar-refractivity contribution in [3.63, 3.8) is 0 Å². The third kappa shape index (κ3) is 6.19. The molecule has 2 aromatic heterocycles. The lowest BCUT2D eigenvalue weighted by molar-refractivity contribution is -0.139. The summed E-state index contributed by atoms with van der Waals surface area (Å²) in [5, 5.41) is 18.8. The zero-order chi connectivity index (χ0) is 25.5. The van der Waals surface area contributed by atoms with Crippen LogP contribution in [0.5, 0.6) is 0 Å². The number of amides is 2. The Morgan fingerprint density at radius 3 is 2.78 bits per heavy atom. The van der Waals surface area contributed by atoms with Crippen LogP contribution in [0.1, 0.15) is 53.1 Å². The quantitative estimate of drug-likeness (QED) is 0.223. The molecule has 10 heteroatoms. The van der Waals surface area contributed by atoms with Crippen molar-refractivity contribution in [2.75, 3.05) is 18.8 Å². The molecule has 10 nitrogen and oxygen atoms in total. The number of aromatic amines is 1. The molecule has 36 heavy (non-hydrogen) atoms. The maximum atomic E-state index is 12.6. The number of carboxylic acids is 1. The lowest BCUT2D eigenvalue weighted by Crippen LogP contribution is -2.43. The van der Waals surface area contributed by atoms with E-state index in [2.05, 4.69) is 33.1 Å². The van der Waals surface area contributed by atoms with E-state index in [1.807, 2.05) is 6.07 Å². The van der Waals surface area contributed by atoms with E-state index in [1.165, 1.54) is 5.56 Å². The van der Waals surface area contributed by atoms with Crippen molar-refractivity contribution in [3.8, 4) is 0 Å². The van der Waals surface area contributed by atoms with Crippen molar-refractivity contribution in [1.82, 2.24) is 25.9 Å². The number of carboxylic acid groups (broad SMARTS) is 1. The van der Waals surface area contributed by atoms with Crippen molar-refractivity contribution >= 4 is 34.4 Å². The van der Waals surface area contributed by atoms with Gasteiger partial charge in [0.1, 0.15) is 11.7 Å². The molecule has 2 amide bonds. The fourth-order valence-electron chi connectivity index (χ4n) is 4.39. The summed E-state index contributed by atoms with van der Waals surface area (Å²) in [6, 6.07) is 10.2. The van der Waals surface area contributed by atoms with Crippen LogP contribution in [-0.4, -0.2) is 52.0 Å². The molecule has 7 N–H and O–H groups in total. The maximum absolute atomic E-state index is 12.6. The normalized spacial score (nSPS) is 13.7. The number of unbranched alkanes of at least 4 members (excludes halogenated alkanes) is 1. The summed E-state index contributed by atoms with van der Waals surface area (Å²) in [6.07, 6.45) is 3.73. The highest BCUT2D eigenvalue weighted by molar-refractivity contribution is 6.08. The number of nitrogens with two attached hydrogens (primary N) is 1. The molecule has 0 saturated carbocycles. The first kappa shape index (κ1) is 25.2. The Morgan fingerprint density at radius 2 is 1.97 bits per heavy atom. The number of nitrogens with zero attached hydrogens (tertiary/aromatic N) is 1. The van der Waals surface area contributed by atoms with Crippen LogP contribution in [0, 0.1) is 0 Å². The monoisotopic (exact) mass is 492 g/mol. The summed E-state index contributed by atoms with van der Waals surface area (Å²) in [6.45, 7) is 1.96. The second kappa shape index (κ2) is 11.7. The number of rotatable bonds is 11. The van der Waals surface area contributed by atoms with Crippen LogP contribution in [0.2, 0.25) is 0 Å². The van der Waals surface area contributed by atoms with Crippen LogP contribution in [0.3, 0.4) is 0 Å². The number of carbonyl (C=O) groups is 3. The zero-order valence-electron chi connectivity index (χ0n) is 20.1. The highest BCUT2D eigenvalue weighted by Crippen LogP contribution is 2.24. The fourth-order valence-corrected chi connectivity index (χ4v) is 4.39. The Labute approximate surface area is 209 Å². The van der Waals surface area contributed by atoms with Gasteiger partial charge in [0.15, 0.2) is 0 Å². The Morgan fingerprint density at radius 1 is 1.14 bits per heavy atom. The first-order valence-electron chi connectivity index (χ1n) is 12.3. The number of pyridine rings is 1. The number of fused-ring (bicyclic) bond motifs is 2. The van der Waals surface area contributed by atoms with Crippen molar-refractivity contribution in [3.05, 3.63) is 59.0 Å². The maximum Gasteiger partial charge on any atom is 0.326 e. The van der Waals surface area contributed by atoms with Gasteiger partial charge in [-0.1, -0.05) is 24.3 Å². The fraction of sp³-hybridized carbons (Fsp3) is 0.385. The molecule has 4 rings (SSSR count). The second-order valence-electron chi connectivity index (χ2n) is 9.00. The summed E-state index contributed by atoms with van der Waals surface area (Å²) in [4.78, 5) is 44.2. The summed E-state index contributed by atoms with van der Waals surface area (Å²) in [7, 11) is 0. The van der Waals surface area contributed by atoms with E-state index < -0.39 is 17.9 Å². The molecule has 3 heterocycles. The molecule has 0 fully saturated rings. The number of aromatic nitrogens is 2. The van der Waals surface area contributed by atoms with E-state index in [-0.39, 0.29) is 30.3 Å². The van der Waals surface area contributed by atoms with E-state index in [4.69, 9.17) is 10.7 Å². The first-order chi connectivity index (χ1) is 17.4. The van der Waals surface area contributed by atoms with Crippen LogP contribution in [0.4, 0.5) is 5.69 Å². The predicted octanol–water partition coefficient (Wildman–Crippen LogP) is 1.89. The SMILES string of the molecule is Nc1c(C(=O)N[C@@H](CCNC(=O)CCCCc2ccc3c(n2)CCNC3)C(=O)O)[nH]c2ccccc12. The largest absolute Gasteiger partial charge is 0.480 e. The highest BCUT2D eigenvalue weighted by Gasteiger charge is 2.23. The third-order valence-corrected chi connectivity index (χ3v) is 6.40. The first-order valence-corrected chi connectivity index (χ1v) is 12.3. The van der Waals surface area contributed by atoms with Gasteiger partial charge in [-0.15, -0.1) is 0 Å². The molecule has 1 aromatic carbocycles. The Balaban J connectivity index is 1.18. The average Bonchev–Trinajstić information content (AvgIpc) is 3.22. The molecule has 0 radical (unpaired) electrons. The molecule has 0 bridgehead atoms. The van der Waals surface area contributed by atoms with Gasteiger partial charge in [0, 0.05) is 54.8 Å². The molecule has 0 saturated heterocycles. The number of aryl methyl sites for hydroxylation is 1. The van der Waals surface area contributed by atoms with Crippen molar-refractivity contribution in [2.45, 2.75) is 51.1 Å². The molecule has 3 aromatic rings. The van der Waals surface area contributed by atoms with Crippen molar-refractivity contribution in [1.29, 1.82) is 0 Å².